The van der Waals surface area contributed by atoms with Crippen LogP contribution in [-0.4, -0.2) is 9.97 Å². The highest BCUT2D eigenvalue weighted by Gasteiger charge is 2.51. The Morgan fingerprint density at radius 1 is 0.322 bits per heavy atom. The molecule has 2 heterocycles. The molecule has 0 radical (unpaired) electrons. The fourth-order valence-electron chi connectivity index (χ4n) is 10.0. The lowest BCUT2D eigenvalue weighted by Gasteiger charge is -2.30. The van der Waals surface area contributed by atoms with E-state index in [4.69, 9.17) is 9.97 Å². The van der Waals surface area contributed by atoms with Gasteiger partial charge < -0.3 is 0 Å². The lowest BCUT2D eigenvalue weighted by atomic mass is 9.70. The average Bonchev–Trinajstić information content (AvgIpc) is 4.07. The molecular formula is C55H32N2S2. The summed E-state index contributed by atoms with van der Waals surface area (Å²) in [6, 6.07) is 71.7. The molecule has 274 valence electrons. The first-order chi connectivity index (χ1) is 29.2. The molecule has 59 heavy (non-hydrogen) atoms. The molecule has 0 saturated carbocycles. The smallest absolute Gasteiger partial charge is 0.124 e. The minimum atomic E-state index is -0.396. The van der Waals surface area contributed by atoms with Crippen molar-refractivity contribution in [2.75, 3.05) is 0 Å². The molecule has 2 nitrogen and oxygen atoms in total. The zero-order chi connectivity index (χ0) is 38.7. The second-order valence-corrected chi connectivity index (χ2v) is 17.7. The van der Waals surface area contributed by atoms with Gasteiger partial charge in [0.05, 0.1) is 25.8 Å². The molecule has 0 fully saturated rings. The molecule has 13 rings (SSSR count). The van der Waals surface area contributed by atoms with E-state index in [0.717, 1.165) is 37.7 Å². The molecule has 0 N–H and O–H groups in total. The minimum Gasteiger partial charge on any atom is -0.236 e. The van der Waals surface area contributed by atoms with Crippen molar-refractivity contribution >= 4 is 53.9 Å². The zero-order valence-electron chi connectivity index (χ0n) is 31.7. The van der Waals surface area contributed by atoms with E-state index in [2.05, 4.69) is 194 Å². The molecule has 11 aromatic rings. The minimum absolute atomic E-state index is 0.396. The van der Waals surface area contributed by atoms with Crippen LogP contribution in [0.4, 0.5) is 0 Å². The third-order valence-corrected chi connectivity index (χ3v) is 14.7. The summed E-state index contributed by atoms with van der Waals surface area (Å²) in [4.78, 5) is 10.3. The van der Waals surface area contributed by atoms with E-state index in [0.29, 0.717) is 0 Å². The molecule has 0 unspecified atom stereocenters. The first kappa shape index (κ1) is 33.0. The van der Waals surface area contributed by atoms with Crippen molar-refractivity contribution < 1.29 is 0 Å². The molecule has 1 spiro atoms. The van der Waals surface area contributed by atoms with Gasteiger partial charge in [-0.2, -0.15) is 0 Å². The van der Waals surface area contributed by atoms with E-state index in [-0.39, 0.29) is 0 Å². The highest BCUT2D eigenvalue weighted by atomic mass is 32.1. The monoisotopic (exact) mass is 784 g/mol. The van der Waals surface area contributed by atoms with Crippen LogP contribution in [0.2, 0.25) is 0 Å². The summed E-state index contributed by atoms with van der Waals surface area (Å²) in [5.74, 6) is 0. The number of hydrogen-bond acceptors (Lipinski definition) is 4. The number of hydrogen-bond donors (Lipinski definition) is 0. The molecule has 2 aliphatic rings. The van der Waals surface area contributed by atoms with Gasteiger partial charge in [0.2, 0.25) is 0 Å². The van der Waals surface area contributed by atoms with Crippen LogP contribution in [0, 0.1) is 0 Å². The van der Waals surface area contributed by atoms with Crippen LogP contribution in [0.5, 0.6) is 0 Å². The van der Waals surface area contributed by atoms with Crippen LogP contribution in [0.3, 0.4) is 0 Å². The molecule has 0 bridgehead atoms. The van der Waals surface area contributed by atoms with Crippen molar-refractivity contribution in [2.45, 2.75) is 5.41 Å². The Morgan fingerprint density at radius 2 is 0.814 bits per heavy atom. The predicted molar refractivity (Wildman–Crippen MR) is 248 cm³/mol. The average molecular weight is 785 g/mol. The van der Waals surface area contributed by atoms with Crippen molar-refractivity contribution in [1.82, 2.24) is 9.97 Å². The quantitative estimate of drug-likeness (QED) is 0.178. The second-order valence-electron chi connectivity index (χ2n) is 15.7. The third kappa shape index (κ3) is 4.79. The summed E-state index contributed by atoms with van der Waals surface area (Å²) in [6.45, 7) is 0. The summed E-state index contributed by atoms with van der Waals surface area (Å²) in [7, 11) is 0. The van der Waals surface area contributed by atoms with Crippen molar-refractivity contribution in [3.8, 4) is 65.6 Å². The maximum absolute atomic E-state index is 5.14. The molecule has 9 aromatic carbocycles. The van der Waals surface area contributed by atoms with Gasteiger partial charge in [0.25, 0.3) is 0 Å². The van der Waals surface area contributed by atoms with Crippen LogP contribution >= 0.6 is 22.7 Å². The van der Waals surface area contributed by atoms with E-state index in [1.54, 1.807) is 22.7 Å². The Labute approximate surface area is 349 Å². The van der Waals surface area contributed by atoms with E-state index < -0.39 is 5.41 Å². The lowest BCUT2D eigenvalue weighted by Crippen LogP contribution is -2.25. The maximum atomic E-state index is 5.14. The largest absolute Gasteiger partial charge is 0.236 e. The van der Waals surface area contributed by atoms with Gasteiger partial charge in [0.15, 0.2) is 0 Å². The Kier molecular flexibility index (Phi) is 7.00. The topological polar surface area (TPSA) is 25.8 Å². The van der Waals surface area contributed by atoms with Crippen LogP contribution < -0.4 is 0 Å². The first-order valence-corrected chi connectivity index (χ1v) is 21.7. The predicted octanol–water partition coefficient (Wildman–Crippen LogP) is 15.1. The van der Waals surface area contributed by atoms with Gasteiger partial charge >= 0.3 is 0 Å². The summed E-state index contributed by atoms with van der Waals surface area (Å²) in [5, 5.41) is 4.45. The summed E-state index contributed by atoms with van der Waals surface area (Å²) < 4.78 is 2.37. The van der Waals surface area contributed by atoms with Gasteiger partial charge in [-0.15, -0.1) is 22.7 Å². The number of para-hydroxylation sites is 2. The zero-order valence-corrected chi connectivity index (χ0v) is 33.3. The van der Waals surface area contributed by atoms with Gasteiger partial charge in [-0.05, 0) is 138 Å². The van der Waals surface area contributed by atoms with Gasteiger partial charge in [-0.3, -0.25) is 0 Å². The van der Waals surface area contributed by atoms with E-state index in [1.807, 2.05) is 0 Å². The first-order valence-electron chi connectivity index (χ1n) is 20.0. The molecular weight excluding hydrogens is 753 g/mol. The lowest BCUT2D eigenvalue weighted by molar-refractivity contribution is 0.794. The Hall–Kier alpha value is -6.98. The molecule has 0 aliphatic heterocycles. The number of thiazole rings is 2. The fraction of sp³-hybridized carbons (Fsp3) is 0.0182. The fourth-order valence-corrected chi connectivity index (χ4v) is 11.9. The van der Waals surface area contributed by atoms with Crippen LogP contribution in [0.25, 0.3) is 96.9 Å². The number of fused-ring (bicyclic) bond motifs is 13. The number of rotatable bonds is 4. The SMILES string of the molecule is c1ccc2c(c1)-c1ccccc1C21c2ccccc2-c2ccc(-c3cc(-c4cc(-c5nc6ccccc6s5)cc(-c5nc6ccccc6s5)c4)c4ccccc4c3)cc21. The van der Waals surface area contributed by atoms with E-state index in [1.165, 1.54) is 81.4 Å². The number of aromatic nitrogens is 2. The number of nitrogens with zero attached hydrogens (tertiary/aromatic N) is 2. The van der Waals surface area contributed by atoms with Gasteiger partial charge in [-0.25, -0.2) is 9.97 Å². The maximum Gasteiger partial charge on any atom is 0.124 e. The van der Waals surface area contributed by atoms with Crippen molar-refractivity contribution in [1.29, 1.82) is 0 Å². The highest BCUT2D eigenvalue weighted by molar-refractivity contribution is 7.22. The molecule has 0 amide bonds. The third-order valence-electron chi connectivity index (χ3n) is 12.5. The Balaban J connectivity index is 1.04. The highest BCUT2D eigenvalue weighted by Crippen LogP contribution is 2.63. The standard InChI is InChI=1S/C55H32N2S2/c1-2-14-39-34(13-1)27-35(33-25-26-43-42-17-5-8-20-47(42)55(48(43)32-33)45-18-6-3-15-40(45)41-16-4-7-19-46(41)55)31-44(39)36-28-37(53-56-49-21-9-11-23-51(49)58-53)30-38(29-36)54-57-50-22-10-12-24-52(50)59-54/h1-32H. The van der Waals surface area contributed by atoms with Crippen molar-refractivity contribution in [3.05, 3.63) is 216 Å². The summed E-state index contributed by atoms with van der Waals surface area (Å²) in [5.41, 5.74) is 19.3. The van der Waals surface area contributed by atoms with E-state index in [9.17, 15) is 0 Å². The molecule has 2 aliphatic carbocycles. The Morgan fingerprint density at radius 3 is 1.41 bits per heavy atom. The van der Waals surface area contributed by atoms with Crippen molar-refractivity contribution in [2.24, 2.45) is 0 Å². The van der Waals surface area contributed by atoms with Gasteiger partial charge in [0, 0.05) is 11.1 Å². The van der Waals surface area contributed by atoms with Gasteiger partial charge in [0.1, 0.15) is 10.0 Å². The number of benzene rings is 9. The second kappa shape index (κ2) is 12.5. The van der Waals surface area contributed by atoms with Crippen molar-refractivity contribution in [3.63, 3.8) is 0 Å². The van der Waals surface area contributed by atoms with Gasteiger partial charge in [-0.1, -0.05) is 133 Å². The van der Waals surface area contributed by atoms with E-state index >= 15 is 0 Å². The normalized spacial score (nSPS) is 13.2. The van der Waals surface area contributed by atoms with Crippen LogP contribution in [0.15, 0.2) is 194 Å². The molecule has 2 aromatic heterocycles. The Bertz CT molecular complexity index is 3310. The summed E-state index contributed by atoms with van der Waals surface area (Å²) >= 11 is 3.49. The summed E-state index contributed by atoms with van der Waals surface area (Å²) in [6.07, 6.45) is 0. The molecule has 4 heteroatoms. The van der Waals surface area contributed by atoms with Crippen LogP contribution in [-0.2, 0) is 5.41 Å². The molecule has 0 atom stereocenters. The van der Waals surface area contributed by atoms with Crippen LogP contribution in [0.1, 0.15) is 22.3 Å². The molecule has 0 saturated heterocycles.